The minimum atomic E-state index is -2.52. The fraction of sp³-hybridized carbons (Fsp3) is 0.450. The van der Waals surface area contributed by atoms with Crippen molar-refractivity contribution in [3.8, 4) is 5.75 Å². The maximum absolute atomic E-state index is 15.5. The number of methoxy groups -OCH3 is 1. The number of likely N-dealkylation sites (tertiary alicyclic amines) is 2. The molecule has 3 heterocycles. The van der Waals surface area contributed by atoms with Crippen molar-refractivity contribution in [2.24, 2.45) is 0 Å². The van der Waals surface area contributed by atoms with Crippen LogP contribution in [0.2, 0.25) is 0 Å². The zero-order valence-corrected chi connectivity index (χ0v) is 15.4. The van der Waals surface area contributed by atoms with E-state index in [-0.39, 0.29) is 32.7 Å². The molecule has 2 aromatic rings. The van der Waals surface area contributed by atoms with E-state index < -0.39 is 17.2 Å². The second-order valence-corrected chi connectivity index (χ2v) is 7.44. The van der Waals surface area contributed by atoms with Crippen molar-refractivity contribution < 1.29 is 22.7 Å². The number of carbonyl (C=O) groups is 1. The second-order valence-electron chi connectivity index (χ2n) is 7.44. The van der Waals surface area contributed by atoms with Crippen LogP contribution >= 0.6 is 0 Å². The third-order valence-corrected chi connectivity index (χ3v) is 5.38. The average molecular weight is 376 g/mol. The molecular formula is C20H22F2N2O3. The number of hydrogen-bond donors (Lipinski definition) is 0. The first kappa shape index (κ1) is 18.0. The van der Waals surface area contributed by atoms with Gasteiger partial charge in [-0.2, -0.15) is 0 Å². The maximum atomic E-state index is 15.5. The summed E-state index contributed by atoms with van der Waals surface area (Å²) >= 11 is 0. The molecule has 2 aliphatic rings. The van der Waals surface area contributed by atoms with Gasteiger partial charge in [-0.25, -0.2) is 8.78 Å². The number of ether oxygens (including phenoxy) is 1. The van der Waals surface area contributed by atoms with E-state index in [0.717, 1.165) is 11.3 Å². The molecule has 0 aliphatic carbocycles. The van der Waals surface area contributed by atoms with Crippen LogP contribution in [0, 0.1) is 6.92 Å². The summed E-state index contributed by atoms with van der Waals surface area (Å²) in [7, 11) is 1.55. The van der Waals surface area contributed by atoms with Gasteiger partial charge in [0, 0.05) is 19.6 Å². The summed E-state index contributed by atoms with van der Waals surface area (Å²) < 4.78 is 41.6. The van der Waals surface area contributed by atoms with Crippen LogP contribution in [-0.2, 0) is 17.9 Å². The summed E-state index contributed by atoms with van der Waals surface area (Å²) in [5, 5.41) is 0. The van der Waals surface area contributed by atoms with Gasteiger partial charge in [0.15, 0.2) is 5.67 Å². The van der Waals surface area contributed by atoms with Gasteiger partial charge in [0.05, 0.1) is 20.2 Å². The van der Waals surface area contributed by atoms with E-state index in [1.807, 2.05) is 19.1 Å². The highest BCUT2D eigenvalue weighted by Gasteiger charge is 2.70. The lowest BCUT2D eigenvalue weighted by molar-refractivity contribution is -0.139. The highest BCUT2D eigenvalue weighted by atomic mass is 19.2. The lowest BCUT2D eigenvalue weighted by Gasteiger charge is -2.22. The minimum absolute atomic E-state index is 0.135. The maximum Gasteiger partial charge on any atom is 0.265 e. The molecule has 0 unspecified atom stereocenters. The van der Waals surface area contributed by atoms with Crippen molar-refractivity contribution in [3.63, 3.8) is 0 Å². The van der Waals surface area contributed by atoms with Gasteiger partial charge < -0.3 is 14.1 Å². The topological polar surface area (TPSA) is 45.9 Å². The van der Waals surface area contributed by atoms with E-state index in [1.165, 1.54) is 4.90 Å². The van der Waals surface area contributed by atoms with Crippen molar-refractivity contribution in [2.45, 2.75) is 31.4 Å². The zero-order chi connectivity index (χ0) is 19.2. The Bertz CT molecular complexity index is 870. The van der Waals surface area contributed by atoms with Crippen molar-refractivity contribution in [1.29, 1.82) is 0 Å². The first-order chi connectivity index (χ1) is 12.8. The number of furan rings is 1. The molecule has 0 bridgehead atoms. The van der Waals surface area contributed by atoms with Crippen molar-refractivity contribution in [3.05, 3.63) is 53.5 Å². The average Bonchev–Trinajstić information content (AvgIpc) is 3.19. The zero-order valence-electron chi connectivity index (χ0n) is 15.4. The Labute approximate surface area is 156 Å². The highest BCUT2D eigenvalue weighted by molar-refractivity contribution is 5.90. The van der Waals surface area contributed by atoms with Gasteiger partial charge in [-0.3, -0.25) is 9.69 Å². The van der Waals surface area contributed by atoms with Crippen LogP contribution in [0.5, 0.6) is 5.75 Å². The monoisotopic (exact) mass is 376 g/mol. The molecule has 2 atom stereocenters. The normalized spacial score (nSPS) is 28.0. The smallest absolute Gasteiger partial charge is 0.265 e. The Morgan fingerprint density at radius 2 is 1.96 bits per heavy atom. The van der Waals surface area contributed by atoms with E-state index in [0.29, 0.717) is 11.5 Å². The summed E-state index contributed by atoms with van der Waals surface area (Å²) in [6.45, 7) is 1.60. The molecule has 4 rings (SSSR count). The molecule has 7 heteroatoms. The van der Waals surface area contributed by atoms with Crippen LogP contribution < -0.4 is 4.74 Å². The van der Waals surface area contributed by atoms with Crippen LogP contribution in [0.3, 0.4) is 0 Å². The van der Waals surface area contributed by atoms with Gasteiger partial charge in [-0.15, -0.1) is 0 Å². The standard InChI is InChI=1S/C20H22F2N2O3/c1-14-6-7-17(27-14)10-23-11-19(21)12-24(18(25)20(19,22)13-23)9-15-4-3-5-16(8-15)26-2/h3-8H,9-13H2,1-2H3/t19-,20+/m0/s1. The number of benzene rings is 1. The Balaban J connectivity index is 1.48. The van der Waals surface area contributed by atoms with Gasteiger partial charge in [0.1, 0.15) is 17.3 Å². The number of hydrogen-bond acceptors (Lipinski definition) is 4. The number of alkyl halides is 2. The van der Waals surface area contributed by atoms with Crippen LogP contribution in [0.4, 0.5) is 8.78 Å². The molecule has 0 N–H and O–H groups in total. The third kappa shape index (κ3) is 3.00. The van der Waals surface area contributed by atoms with E-state index in [2.05, 4.69) is 0 Å². The summed E-state index contributed by atoms with van der Waals surface area (Å²) in [4.78, 5) is 15.6. The molecule has 2 fully saturated rings. The van der Waals surface area contributed by atoms with Crippen molar-refractivity contribution >= 4 is 5.91 Å². The van der Waals surface area contributed by atoms with Gasteiger partial charge in [0.25, 0.3) is 5.91 Å². The van der Waals surface area contributed by atoms with E-state index in [9.17, 15) is 4.79 Å². The van der Waals surface area contributed by atoms with Gasteiger partial charge in [0.2, 0.25) is 5.67 Å². The lowest BCUT2D eigenvalue weighted by Crippen LogP contribution is -2.47. The first-order valence-corrected chi connectivity index (χ1v) is 8.91. The predicted molar refractivity (Wildman–Crippen MR) is 94.8 cm³/mol. The largest absolute Gasteiger partial charge is 0.497 e. The predicted octanol–water partition coefficient (Wildman–Crippen LogP) is 2.87. The highest BCUT2D eigenvalue weighted by Crippen LogP contribution is 2.46. The first-order valence-electron chi connectivity index (χ1n) is 8.91. The van der Waals surface area contributed by atoms with E-state index in [1.54, 1.807) is 36.3 Å². The summed E-state index contributed by atoms with van der Waals surface area (Å²) in [5.41, 5.74) is -3.96. The molecule has 1 aromatic carbocycles. The van der Waals surface area contributed by atoms with Crippen molar-refractivity contribution in [1.82, 2.24) is 9.80 Å². The second kappa shape index (κ2) is 6.34. The van der Waals surface area contributed by atoms with Crippen molar-refractivity contribution in [2.75, 3.05) is 26.7 Å². The molecule has 27 heavy (non-hydrogen) atoms. The fourth-order valence-electron chi connectivity index (χ4n) is 4.07. The SMILES string of the molecule is COc1cccc(CN2C[C@@]3(F)CN(Cc4ccc(C)o4)C[C@@]3(F)C2=O)c1. The summed E-state index contributed by atoms with van der Waals surface area (Å²) in [5.74, 6) is 1.24. The van der Waals surface area contributed by atoms with Crippen LogP contribution in [0.25, 0.3) is 0 Å². The number of aryl methyl sites for hydroxylation is 1. The van der Waals surface area contributed by atoms with Crippen LogP contribution in [0.15, 0.2) is 40.8 Å². The van der Waals surface area contributed by atoms with Gasteiger partial charge in [-0.1, -0.05) is 12.1 Å². The molecule has 1 aromatic heterocycles. The van der Waals surface area contributed by atoms with Crippen LogP contribution in [-0.4, -0.2) is 53.8 Å². The van der Waals surface area contributed by atoms with E-state index >= 15 is 8.78 Å². The molecule has 1 amide bonds. The van der Waals surface area contributed by atoms with Crippen LogP contribution in [0.1, 0.15) is 17.1 Å². The van der Waals surface area contributed by atoms with Gasteiger partial charge in [-0.05, 0) is 36.8 Å². The third-order valence-electron chi connectivity index (χ3n) is 5.38. The number of halogens is 2. The number of amides is 1. The molecule has 0 radical (unpaired) electrons. The van der Waals surface area contributed by atoms with E-state index in [4.69, 9.17) is 9.15 Å². The molecule has 2 saturated heterocycles. The molecule has 0 spiro atoms. The number of fused-ring (bicyclic) bond motifs is 1. The summed E-state index contributed by atoms with van der Waals surface area (Å²) in [6.07, 6.45) is 0. The Hall–Kier alpha value is -2.41. The number of carbonyl (C=O) groups excluding carboxylic acids is 1. The quantitative estimate of drug-likeness (QED) is 0.805. The Morgan fingerprint density at radius 1 is 1.15 bits per heavy atom. The fourth-order valence-corrected chi connectivity index (χ4v) is 4.07. The number of nitrogens with zero attached hydrogens (tertiary/aromatic N) is 2. The Morgan fingerprint density at radius 3 is 2.63 bits per heavy atom. The minimum Gasteiger partial charge on any atom is -0.497 e. The Kier molecular flexibility index (Phi) is 4.22. The molecule has 0 saturated carbocycles. The molecule has 5 nitrogen and oxygen atoms in total. The molecule has 144 valence electrons. The van der Waals surface area contributed by atoms with Gasteiger partial charge >= 0.3 is 0 Å². The summed E-state index contributed by atoms with van der Waals surface area (Å²) in [6, 6.07) is 10.7. The molecular weight excluding hydrogens is 354 g/mol. The molecule has 2 aliphatic heterocycles. The lowest BCUT2D eigenvalue weighted by atomic mass is 9.93. The number of rotatable bonds is 5.